The second-order valence-electron chi connectivity index (χ2n) is 6.06. The molecule has 0 spiro atoms. The number of pyridine rings is 1. The van der Waals surface area contributed by atoms with E-state index < -0.39 is 5.60 Å². The summed E-state index contributed by atoms with van der Waals surface area (Å²) in [5.41, 5.74) is 2.69. The predicted molar refractivity (Wildman–Crippen MR) is 83.7 cm³/mol. The summed E-state index contributed by atoms with van der Waals surface area (Å²) in [6.07, 6.45) is 0. The van der Waals surface area contributed by atoms with Crippen molar-refractivity contribution in [2.75, 3.05) is 13.1 Å². The summed E-state index contributed by atoms with van der Waals surface area (Å²) in [6, 6.07) is 10.4. The first kappa shape index (κ1) is 14.9. The Labute approximate surface area is 121 Å². The fourth-order valence-electron chi connectivity index (χ4n) is 2.59. The fourth-order valence-corrected chi connectivity index (χ4v) is 2.59. The maximum Gasteiger partial charge on any atom is 0.0718 e. The van der Waals surface area contributed by atoms with Crippen molar-refractivity contribution >= 4 is 10.9 Å². The summed E-state index contributed by atoms with van der Waals surface area (Å²) in [4.78, 5) is 6.84. The van der Waals surface area contributed by atoms with E-state index >= 15 is 0 Å². The van der Waals surface area contributed by atoms with E-state index in [-0.39, 0.29) is 0 Å². The maximum absolute atomic E-state index is 10.0. The molecule has 1 aromatic carbocycles. The number of fused-ring (bicyclic) bond motifs is 1. The smallest absolute Gasteiger partial charge is 0.0718 e. The van der Waals surface area contributed by atoms with E-state index in [1.807, 2.05) is 26.8 Å². The molecule has 0 saturated heterocycles. The number of aryl methyl sites for hydroxylation is 1. The van der Waals surface area contributed by atoms with Crippen LogP contribution in [-0.2, 0) is 6.54 Å². The van der Waals surface area contributed by atoms with E-state index in [1.165, 1.54) is 10.9 Å². The number of aliphatic hydroxyl groups is 1. The first-order valence-corrected chi connectivity index (χ1v) is 7.19. The SMILES string of the molecule is CCN(Cc1cc(C)nc2ccccc12)CC(C)(C)O. The molecule has 0 fully saturated rings. The van der Waals surface area contributed by atoms with Crippen molar-refractivity contribution in [1.82, 2.24) is 9.88 Å². The van der Waals surface area contributed by atoms with E-state index in [0.29, 0.717) is 6.54 Å². The first-order chi connectivity index (χ1) is 9.39. The molecule has 2 rings (SSSR count). The van der Waals surface area contributed by atoms with Gasteiger partial charge in [-0.2, -0.15) is 0 Å². The zero-order valence-corrected chi connectivity index (χ0v) is 12.8. The molecule has 0 unspecified atom stereocenters. The summed E-state index contributed by atoms with van der Waals surface area (Å²) in [5, 5.41) is 11.2. The van der Waals surface area contributed by atoms with Gasteiger partial charge in [0.05, 0.1) is 11.1 Å². The molecular formula is C17H24N2O. The van der Waals surface area contributed by atoms with Crippen LogP contribution in [0.25, 0.3) is 10.9 Å². The number of likely N-dealkylation sites (N-methyl/N-ethyl adjacent to an activating group) is 1. The van der Waals surface area contributed by atoms with E-state index in [2.05, 4.69) is 41.1 Å². The van der Waals surface area contributed by atoms with Crippen molar-refractivity contribution in [3.8, 4) is 0 Å². The second-order valence-corrected chi connectivity index (χ2v) is 6.06. The summed E-state index contributed by atoms with van der Waals surface area (Å²) in [5.74, 6) is 0. The van der Waals surface area contributed by atoms with Crippen molar-refractivity contribution in [3.05, 3.63) is 41.6 Å². The van der Waals surface area contributed by atoms with Crippen LogP contribution in [-0.4, -0.2) is 33.7 Å². The molecule has 0 atom stereocenters. The molecule has 0 aliphatic rings. The lowest BCUT2D eigenvalue weighted by molar-refractivity contribution is 0.0354. The van der Waals surface area contributed by atoms with Crippen LogP contribution in [0.4, 0.5) is 0 Å². The van der Waals surface area contributed by atoms with Crippen LogP contribution < -0.4 is 0 Å². The molecule has 1 N–H and O–H groups in total. The lowest BCUT2D eigenvalue weighted by atomic mass is 10.1. The minimum absolute atomic E-state index is 0.666. The molecule has 0 saturated carbocycles. The van der Waals surface area contributed by atoms with Crippen LogP contribution in [0.2, 0.25) is 0 Å². The summed E-state index contributed by atoms with van der Waals surface area (Å²) < 4.78 is 0. The van der Waals surface area contributed by atoms with Crippen LogP contribution >= 0.6 is 0 Å². The largest absolute Gasteiger partial charge is 0.389 e. The molecule has 0 aliphatic carbocycles. The Morgan fingerprint density at radius 3 is 2.60 bits per heavy atom. The highest BCUT2D eigenvalue weighted by Crippen LogP contribution is 2.20. The summed E-state index contributed by atoms with van der Waals surface area (Å²) in [7, 11) is 0. The van der Waals surface area contributed by atoms with Crippen molar-refractivity contribution in [2.24, 2.45) is 0 Å². The van der Waals surface area contributed by atoms with E-state index in [9.17, 15) is 5.11 Å². The van der Waals surface area contributed by atoms with Gasteiger partial charge in [0.1, 0.15) is 0 Å². The second kappa shape index (κ2) is 5.90. The third-order valence-corrected chi connectivity index (χ3v) is 3.38. The van der Waals surface area contributed by atoms with E-state index in [0.717, 1.165) is 24.3 Å². The number of rotatable bonds is 5. The molecular weight excluding hydrogens is 248 g/mol. The number of hydrogen-bond acceptors (Lipinski definition) is 3. The molecule has 0 aliphatic heterocycles. The highest BCUT2D eigenvalue weighted by atomic mass is 16.3. The zero-order chi connectivity index (χ0) is 14.8. The molecule has 0 bridgehead atoms. The molecule has 1 aromatic heterocycles. The highest BCUT2D eigenvalue weighted by Gasteiger charge is 2.18. The van der Waals surface area contributed by atoms with Gasteiger partial charge in [-0.25, -0.2) is 0 Å². The molecule has 20 heavy (non-hydrogen) atoms. The predicted octanol–water partition coefficient (Wildman–Crippen LogP) is 3.14. The van der Waals surface area contributed by atoms with Gasteiger partial charge >= 0.3 is 0 Å². The normalized spacial score (nSPS) is 12.3. The van der Waals surface area contributed by atoms with Gasteiger partial charge in [-0.05, 0) is 45.0 Å². The fraction of sp³-hybridized carbons (Fsp3) is 0.471. The van der Waals surface area contributed by atoms with Gasteiger partial charge in [0.2, 0.25) is 0 Å². The van der Waals surface area contributed by atoms with Crippen LogP contribution in [0.3, 0.4) is 0 Å². The summed E-state index contributed by atoms with van der Waals surface area (Å²) >= 11 is 0. The standard InChI is InChI=1S/C17H24N2O/c1-5-19(12-17(3,4)20)11-14-10-13(2)18-16-9-7-6-8-15(14)16/h6-10,20H,5,11-12H2,1-4H3. The molecule has 1 heterocycles. The average molecular weight is 272 g/mol. The molecule has 108 valence electrons. The Bertz CT molecular complexity index is 587. The Hall–Kier alpha value is -1.45. The van der Waals surface area contributed by atoms with Gasteiger partial charge in [0.25, 0.3) is 0 Å². The number of aromatic nitrogens is 1. The Kier molecular flexibility index (Phi) is 4.41. The highest BCUT2D eigenvalue weighted by molar-refractivity contribution is 5.82. The molecule has 3 nitrogen and oxygen atoms in total. The van der Waals surface area contributed by atoms with Crippen molar-refractivity contribution in [2.45, 2.75) is 39.8 Å². The lowest BCUT2D eigenvalue weighted by Crippen LogP contribution is -2.38. The van der Waals surface area contributed by atoms with Crippen LogP contribution in [0.1, 0.15) is 32.0 Å². The van der Waals surface area contributed by atoms with Crippen LogP contribution in [0.5, 0.6) is 0 Å². The van der Waals surface area contributed by atoms with Gasteiger partial charge in [-0.15, -0.1) is 0 Å². The Morgan fingerprint density at radius 1 is 1.25 bits per heavy atom. The van der Waals surface area contributed by atoms with Crippen molar-refractivity contribution in [3.63, 3.8) is 0 Å². The number of nitrogens with zero attached hydrogens (tertiary/aromatic N) is 2. The van der Waals surface area contributed by atoms with Crippen LogP contribution in [0, 0.1) is 6.92 Å². The maximum atomic E-state index is 10.0. The molecule has 0 radical (unpaired) electrons. The minimum Gasteiger partial charge on any atom is -0.389 e. The molecule has 0 amide bonds. The van der Waals surface area contributed by atoms with Gasteiger partial charge in [0.15, 0.2) is 0 Å². The topological polar surface area (TPSA) is 36.4 Å². The Morgan fingerprint density at radius 2 is 1.95 bits per heavy atom. The third-order valence-electron chi connectivity index (χ3n) is 3.38. The van der Waals surface area contributed by atoms with Crippen LogP contribution in [0.15, 0.2) is 30.3 Å². The van der Waals surface area contributed by atoms with Crippen molar-refractivity contribution < 1.29 is 5.11 Å². The first-order valence-electron chi connectivity index (χ1n) is 7.19. The third kappa shape index (κ3) is 3.78. The summed E-state index contributed by atoms with van der Waals surface area (Å²) in [6.45, 7) is 10.3. The van der Waals surface area contributed by atoms with Gasteiger partial charge in [0, 0.05) is 24.2 Å². The quantitative estimate of drug-likeness (QED) is 0.908. The number of para-hydroxylation sites is 1. The van der Waals surface area contributed by atoms with E-state index in [1.54, 1.807) is 0 Å². The molecule has 2 aromatic rings. The monoisotopic (exact) mass is 272 g/mol. The lowest BCUT2D eigenvalue weighted by Gasteiger charge is -2.28. The van der Waals surface area contributed by atoms with Gasteiger partial charge in [-0.1, -0.05) is 25.1 Å². The molecule has 3 heteroatoms. The van der Waals surface area contributed by atoms with Crippen molar-refractivity contribution in [1.29, 1.82) is 0 Å². The van der Waals surface area contributed by atoms with Gasteiger partial charge in [-0.3, -0.25) is 9.88 Å². The number of benzene rings is 1. The number of hydrogen-bond donors (Lipinski definition) is 1. The zero-order valence-electron chi connectivity index (χ0n) is 12.8. The van der Waals surface area contributed by atoms with Gasteiger partial charge < -0.3 is 5.11 Å². The average Bonchev–Trinajstić information content (AvgIpc) is 2.36. The Balaban J connectivity index is 2.32. The van der Waals surface area contributed by atoms with E-state index in [4.69, 9.17) is 0 Å². The minimum atomic E-state index is -0.673.